The molecule has 21 heavy (non-hydrogen) atoms. The highest BCUT2D eigenvalue weighted by atomic mass is 35.5. The molecule has 0 N–H and O–H groups in total. The van der Waals surface area contributed by atoms with Crippen LogP contribution >= 0.6 is 34.7 Å². The predicted octanol–water partition coefficient (Wildman–Crippen LogP) is 4.37. The van der Waals surface area contributed by atoms with Crippen molar-refractivity contribution in [2.24, 2.45) is 0 Å². The molecule has 0 bridgehead atoms. The Labute approximate surface area is 136 Å². The third-order valence-electron chi connectivity index (χ3n) is 2.98. The highest BCUT2D eigenvalue weighted by Crippen LogP contribution is 2.31. The molecule has 7 heteroatoms. The number of thioether (sulfide) groups is 1. The molecule has 0 aromatic carbocycles. The van der Waals surface area contributed by atoms with Gasteiger partial charge in [-0.2, -0.15) is 0 Å². The minimum Gasteiger partial charge on any atom is -0.302 e. The van der Waals surface area contributed by atoms with Crippen LogP contribution in [-0.2, 0) is 12.3 Å². The Morgan fingerprint density at radius 2 is 2.24 bits per heavy atom. The van der Waals surface area contributed by atoms with E-state index in [1.54, 1.807) is 35.5 Å². The van der Waals surface area contributed by atoms with Crippen molar-refractivity contribution in [3.8, 4) is 11.4 Å². The average Bonchev–Trinajstić information content (AvgIpc) is 3.11. The minimum atomic E-state index is 0.807. The summed E-state index contributed by atoms with van der Waals surface area (Å²) in [4.78, 5) is 5.30. The lowest BCUT2D eigenvalue weighted by molar-refractivity contribution is 0.687. The summed E-state index contributed by atoms with van der Waals surface area (Å²) in [5.41, 5.74) is 0.979. The SMILES string of the molecule is CCn1c(SCc2sccc2Cl)nnc1-c1cccnc1. The van der Waals surface area contributed by atoms with Crippen LogP contribution in [0, 0.1) is 0 Å². The minimum absolute atomic E-state index is 0.807. The van der Waals surface area contributed by atoms with E-state index in [4.69, 9.17) is 11.6 Å². The standard InChI is InChI=1S/C14H13ClN4S2/c1-2-19-13(10-4-3-6-16-8-10)17-18-14(19)21-9-12-11(15)5-7-20-12/h3-8H,2,9H2,1H3. The molecule has 3 aromatic heterocycles. The number of pyridine rings is 1. The van der Waals surface area contributed by atoms with Gasteiger partial charge in [-0.05, 0) is 30.5 Å². The maximum atomic E-state index is 6.13. The van der Waals surface area contributed by atoms with Crippen LogP contribution in [0.15, 0.2) is 41.1 Å². The molecule has 0 saturated carbocycles. The number of halogens is 1. The van der Waals surface area contributed by atoms with Crippen LogP contribution in [0.5, 0.6) is 0 Å². The Balaban J connectivity index is 1.84. The summed E-state index contributed by atoms with van der Waals surface area (Å²) in [6.07, 6.45) is 3.56. The molecule has 0 amide bonds. The van der Waals surface area contributed by atoms with Gasteiger partial charge < -0.3 is 4.57 Å². The number of hydrogen-bond donors (Lipinski definition) is 0. The normalized spacial score (nSPS) is 11.0. The van der Waals surface area contributed by atoms with Crippen LogP contribution in [-0.4, -0.2) is 19.7 Å². The van der Waals surface area contributed by atoms with Crippen molar-refractivity contribution in [1.82, 2.24) is 19.7 Å². The van der Waals surface area contributed by atoms with Gasteiger partial charge in [0.15, 0.2) is 11.0 Å². The largest absolute Gasteiger partial charge is 0.302 e. The summed E-state index contributed by atoms with van der Waals surface area (Å²) < 4.78 is 2.10. The van der Waals surface area contributed by atoms with Crippen LogP contribution in [0.25, 0.3) is 11.4 Å². The maximum Gasteiger partial charge on any atom is 0.191 e. The molecule has 0 atom stereocenters. The second kappa shape index (κ2) is 6.60. The van der Waals surface area contributed by atoms with E-state index in [1.165, 1.54) is 0 Å². The summed E-state index contributed by atoms with van der Waals surface area (Å²) in [7, 11) is 0. The van der Waals surface area contributed by atoms with E-state index in [0.717, 1.165) is 38.7 Å². The van der Waals surface area contributed by atoms with E-state index in [1.807, 2.05) is 23.6 Å². The van der Waals surface area contributed by atoms with Crippen LogP contribution in [0.1, 0.15) is 11.8 Å². The lowest BCUT2D eigenvalue weighted by Gasteiger charge is -2.06. The summed E-state index contributed by atoms with van der Waals surface area (Å²) in [6.45, 7) is 2.91. The highest BCUT2D eigenvalue weighted by Gasteiger charge is 2.14. The molecule has 0 aliphatic carbocycles. The smallest absolute Gasteiger partial charge is 0.191 e. The molecular formula is C14H13ClN4S2. The summed E-state index contributed by atoms with van der Waals surface area (Å²) in [6, 6.07) is 5.82. The number of hydrogen-bond acceptors (Lipinski definition) is 5. The topological polar surface area (TPSA) is 43.6 Å². The summed E-state index contributed by atoms with van der Waals surface area (Å²) >= 11 is 9.45. The lowest BCUT2D eigenvalue weighted by atomic mass is 10.3. The van der Waals surface area contributed by atoms with E-state index >= 15 is 0 Å². The van der Waals surface area contributed by atoms with Gasteiger partial charge in [0.05, 0.1) is 5.02 Å². The van der Waals surface area contributed by atoms with Gasteiger partial charge in [0.1, 0.15) is 0 Å². The molecular weight excluding hydrogens is 324 g/mol. The van der Waals surface area contributed by atoms with Crippen molar-refractivity contribution >= 4 is 34.7 Å². The fourth-order valence-electron chi connectivity index (χ4n) is 1.95. The Hall–Kier alpha value is -1.37. The number of rotatable bonds is 5. The van der Waals surface area contributed by atoms with Crippen molar-refractivity contribution in [3.63, 3.8) is 0 Å². The molecule has 3 heterocycles. The summed E-state index contributed by atoms with van der Waals surface area (Å²) in [5, 5.41) is 12.3. The molecule has 3 rings (SSSR count). The van der Waals surface area contributed by atoms with Gasteiger partial charge in [0.25, 0.3) is 0 Å². The van der Waals surface area contributed by atoms with Gasteiger partial charge in [-0.1, -0.05) is 23.4 Å². The molecule has 0 saturated heterocycles. The molecule has 4 nitrogen and oxygen atoms in total. The molecule has 3 aromatic rings. The lowest BCUT2D eigenvalue weighted by Crippen LogP contribution is -1.99. The van der Waals surface area contributed by atoms with E-state index in [0.29, 0.717) is 0 Å². The monoisotopic (exact) mass is 336 g/mol. The zero-order valence-corrected chi connectivity index (χ0v) is 13.8. The van der Waals surface area contributed by atoms with E-state index in [-0.39, 0.29) is 0 Å². The van der Waals surface area contributed by atoms with E-state index < -0.39 is 0 Å². The zero-order valence-electron chi connectivity index (χ0n) is 11.4. The van der Waals surface area contributed by atoms with Crippen molar-refractivity contribution < 1.29 is 0 Å². The van der Waals surface area contributed by atoms with Crippen LogP contribution < -0.4 is 0 Å². The predicted molar refractivity (Wildman–Crippen MR) is 87.8 cm³/mol. The summed E-state index contributed by atoms with van der Waals surface area (Å²) in [5.74, 6) is 1.66. The van der Waals surface area contributed by atoms with Gasteiger partial charge >= 0.3 is 0 Å². The van der Waals surface area contributed by atoms with Gasteiger partial charge in [0, 0.05) is 35.1 Å². The van der Waals surface area contributed by atoms with Crippen molar-refractivity contribution in [2.75, 3.05) is 0 Å². The van der Waals surface area contributed by atoms with Gasteiger partial charge in [-0.15, -0.1) is 21.5 Å². The van der Waals surface area contributed by atoms with E-state index in [9.17, 15) is 0 Å². The molecule has 108 valence electrons. The number of thiophene rings is 1. The molecule has 0 unspecified atom stereocenters. The zero-order chi connectivity index (χ0) is 14.7. The Morgan fingerprint density at radius 3 is 2.90 bits per heavy atom. The van der Waals surface area contributed by atoms with Crippen LogP contribution in [0.2, 0.25) is 5.02 Å². The quantitative estimate of drug-likeness (QED) is 0.649. The fourth-order valence-corrected chi connectivity index (χ4v) is 4.25. The third kappa shape index (κ3) is 3.12. The van der Waals surface area contributed by atoms with Crippen molar-refractivity contribution in [2.45, 2.75) is 24.4 Å². The maximum absolute atomic E-state index is 6.13. The Bertz CT molecular complexity index is 724. The second-order valence-corrected chi connectivity index (χ2v) is 6.62. The first kappa shape index (κ1) is 14.6. The second-order valence-electron chi connectivity index (χ2n) is 4.27. The average molecular weight is 337 g/mol. The van der Waals surface area contributed by atoms with E-state index in [2.05, 4.69) is 26.7 Å². The van der Waals surface area contributed by atoms with Crippen LogP contribution in [0.4, 0.5) is 0 Å². The number of nitrogens with zero attached hydrogens (tertiary/aromatic N) is 4. The Kier molecular flexibility index (Phi) is 4.57. The first-order chi connectivity index (χ1) is 10.3. The molecule has 0 radical (unpaired) electrons. The highest BCUT2D eigenvalue weighted by molar-refractivity contribution is 7.98. The van der Waals surface area contributed by atoms with Gasteiger partial charge in [0.2, 0.25) is 0 Å². The fraction of sp³-hybridized carbons (Fsp3) is 0.214. The van der Waals surface area contributed by atoms with Gasteiger partial charge in [-0.25, -0.2) is 0 Å². The van der Waals surface area contributed by atoms with Gasteiger partial charge in [-0.3, -0.25) is 4.98 Å². The first-order valence-corrected chi connectivity index (χ1v) is 8.72. The van der Waals surface area contributed by atoms with Crippen LogP contribution in [0.3, 0.4) is 0 Å². The molecule has 0 aliphatic heterocycles. The molecule has 0 aliphatic rings. The van der Waals surface area contributed by atoms with Crippen molar-refractivity contribution in [1.29, 1.82) is 0 Å². The van der Waals surface area contributed by atoms with Crippen molar-refractivity contribution in [3.05, 3.63) is 45.9 Å². The third-order valence-corrected chi connectivity index (χ3v) is 5.54. The number of aromatic nitrogens is 4. The Morgan fingerprint density at radius 1 is 1.33 bits per heavy atom. The first-order valence-electron chi connectivity index (χ1n) is 6.48. The molecule has 0 spiro atoms. The molecule has 0 fully saturated rings.